The van der Waals surface area contributed by atoms with Gasteiger partial charge in [-0.3, -0.25) is 9.59 Å². The Morgan fingerprint density at radius 2 is 0.574 bits per heavy atom. The van der Waals surface area contributed by atoms with E-state index in [1.807, 2.05) is 182 Å². The molecule has 4 N–H and O–H groups in total. The maximum atomic E-state index is 14.2. The smallest absolute Gasteiger partial charge is 0.309 e. The van der Waals surface area contributed by atoms with Gasteiger partial charge in [0.25, 0.3) is 0 Å². The summed E-state index contributed by atoms with van der Waals surface area (Å²) >= 11 is 0. The number of nitrogens with one attached hydrogen (secondary N) is 2. The van der Waals surface area contributed by atoms with Gasteiger partial charge in [0.15, 0.2) is 0 Å². The minimum absolute atomic E-state index is 0.243. The third-order valence-corrected chi connectivity index (χ3v) is 10.1. The van der Waals surface area contributed by atoms with Crippen molar-refractivity contribution in [3.63, 3.8) is 0 Å². The van der Waals surface area contributed by atoms with Crippen LogP contribution in [0, 0.1) is 0 Å². The van der Waals surface area contributed by atoms with E-state index in [4.69, 9.17) is 0 Å². The summed E-state index contributed by atoms with van der Waals surface area (Å²) in [5.74, 6) is -1.76. The van der Waals surface area contributed by atoms with Crippen molar-refractivity contribution >= 4 is 11.8 Å². The predicted octanol–water partition coefficient (Wildman–Crippen LogP) is 6.87. The Bertz CT molecular complexity index is 1790. The van der Waals surface area contributed by atoms with E-state index in [9.17, 15) is 19.8 Å². The van der Waals surface area contributed by atoms with Crippen molar-refractivity contribution in [3.05, 3.63) is 215 Å². The maximum absolute atomic E-state index is 14.2. The molecular weight excluding hydrogens is 669 g/mol. The highest BCUT2D eigenvalue weighted by molar-refractivity contribution is 6.35. The zero-order chi connectivity index (χ0) is 37.6. The van der Waals surface area contributed by atoms with Crippen LogP contribution >= 0.6 is 0 Å². The van der Waals surface area contributed by atoms with Crippen molar-refractivity contribution in [1.29, 1.82) is 0 Å². The molecule has 6 rings (SSSR count). The van der Waals surface area contributed by atoms with Crippen molar-refractivity contribution in [2.75, 3.05) is 0 Å². The van der Waals surface area contributed by atoms with E-state index in [1.165, 1.54) is 0 Å². The van der Waals surface area contributed by atoms with E-state index in [0.29, 0.717) is 0 Å². The van der Waals surface area contributed by atoms with Gasteiger partial charge in [0, 0.05) is 25.7 Å². The molecule has 6 aromatic carbocycles. The summed E-state index contributed by atoms with van der Waals surface area (Å²) in [5.41, 5.74) is 2.49. The van der Waals surface area contributed by atoms with Crippen molar-refractivity contribution in [1.82, 2.24) is 10.6 Å². The van der Waals surface area contributed by atoms with Gasteiger partial charge in [0.1, 0.15) is 0 Å². The van der Waals surface area contributed by atoms with Crippen molar-refractivity contribution in [2.45, 2.75) is 61.8 Å². The first-order valence-electron chi connectivity index (χ1n) is 18.6. The number of carbonyl (C=O) groups is 2. The Morgan fingerprint density at radius 1 is 0.370 bits per heavy atom. The molecule has 0 unspecified atom stereocenters. The molecular formula is C48H48N2O4. The largest absolute Gasteiger partial charge is 0.387 e. The molecule has 6 aromatic rings. The Morgan fingerprint density at radius 3 is 0.796 bits per heavy atom. The summed E-state index contributed by atoms with van der Waals surface area (Å²) in [6.45, 7) is 0. The van der Waals surface area contributed by atoms with Gasteiger partial charge in [-0.2, -0.15) is 0 Å². The molecule has 0 spiro atoms. The average Bonchev–Trinajstić information content (AvgIpc) is 3.19. The molecule has 0 saturated heterocycles. The first kappa shape index (κ1) is 37.9. The van der Waals surface area contributed by atoms with Crippen LogP contribution in [0.3, 0.4) is 0 Å². The molecule has 274 valence electrons. The molecule has 2 atom stereocenters. The molecule has 0 radical (unpaired) electrons. The molecule has 0 aliphatic heterocycles. The second kappa shape index (κ2) is 18.3. The van der Waals surface area contributed by atoms with Crippen LogP contribution in [0.25, 0.3) is 0 Å². The Labute approximate surface area is 318 Å². The Kier molecular flexibility index (Phi) is 12.8. The lowest BCUT2D eigenvalue weighted by atomic mass is 9.79. The SMILES string of the molecule is O=C(N[C@H](Cc1ccccc1)C(O)(Cc1ccccc1)Cc1ccccc1)C(=O)N[C@H](Cc1ccccc1)C(O)(Cc1ccccc1)Cc1ccccc1. The van der Waals surface area contributed by atoms with Gasteiger partial charge in [0.05, 0.1) is 23.3 Å². The lowest BCUT2D eigenvalue weighted by Gasteiger charge is -2.39. The summed E-state index contributed by atoms with van der Waals surface area (Å²) in [6.07, 6.45) is 1.55. The predicted molar refractivity (Wildman–Crippen MR) is 215 cm³/mol. The minimum atomic E-state index is -1.47. The summed E-state index contributed by atoms with van der Waals surface area (Å²) < 4.78 is 0. The number of amides is 2. The normalized spacial score (nSPS) is 12.7. The number of hydrogen-bond donors (Lipinski definition) is 4. The Hall–Kier alpha value is -5.82. The van der Waals surface area contributed by atoms with Crippen LogP contribution in [-0.4, -0.2) is 45.3 Å². The zero-order valence-electron chi connectivity index (χ0n) is 30.4. The number of rotatable bonds is 16. The van der Waals surface area contributed by atoms with Gasteiger partial charge in [-0.05, 0) is 46.2 Å². The summed E-state index contributed by atoms with van der Waals surface area (Å²) in [4.78, 5) is 28.4. The highest BCUT2D eigenvalue weighted by Gasteiger charge is 2.42. The molecule has 0 aliphatic rings. The fraction of sp³-hybridized carbons (Fsp3) is 0.208. The molecule has 0 aliphatic carbocycles. The molecule has 6 heteroatoms. The van der Waals surface area contributed by atoms with Crippen LogP contribution in [0.15, 0.2) is 182 Å². The second-order valence-electron chi connectivity index (χ2n) is 14.3. The third kappa shape index (κ3) is 10.6. The molecule has 0 fully saturated rings. The lowest BCUT2D eigenvalue weighted by molar-refractivity contribution is -0.142. The molecule has 0 aromatic heterocycles. The van der Waals surface area contributed by atoms with E-state index < -0.39 is 35.1 Å². The number of hydrogen-bond acceptors (Lipinski definition) is 4. The number of aliphatic hydroxyl groups is 2. The van der Waals surface area contributed by atoms with Gasteiger partial charge < -0.3 is 20.8 Å². The fourth-order valence-corrected chi connectivity index (χ4v) is 7.31. The standard InChI is InChI=1S/C48H48N2O4/c51-45(49-43(31-37-19-7-1-8-20-37)47(53,33-39-23-11-3-12-24-39)34-40-25-13-4-14-26-40)46(52)50-44(32-38-21-9-2-10-22-38)48(54,35-41-27-15-5-16-28-41)36-42-29-17-6-18-30-42/h1-30,43-44,53-54H,31-36H2,(H,49,51)(H,50,52)/t43-,44-/m1/s1. The van der Waals surface area contributed by atoms with E-state index in [0.717, 1.165) is 33.4 Å². The summed E-state index contributed by atoms with van der Waals surface area (Å²) in [7, 11) is 0. The maximum Gasteiger partial charge on any atom is 0.309 e. The highest BCUT2D eigenvalue weighted by atomic mass is 16.3. The molecule has 6 nitrogen and oxygen atoms in total. The van der Waals surface area contributed by atoms with Gasteiger partial charge in [-0.1, -0.05) is 182 Å². The highest BCUT2D eigenvalue weighted by Crippen LogP contribution is 2.28. The van der Waals surface area contributed by atoms with Gasteiger partial charge in [0.2, 0.25) is 0 Å². The number of carbonyl (C=O) groups excluding carboxylic acids is 2. The third-order valence-electron chi connectivity index (χ3n) is 10.1. The van der Waals surface area contributed by atoms with Crippen molar-refractivity contribution in [3.8, 4) is 0 Å². The monoisotopic (exact) mass is 716 g/mol. The van der Waals surface area contributed by atoms with Crippen LogP contribution in [0.4, 0.5) is 0 Å². The second-order valence-corrected chi connectivity index (χ2v) is 14.3. The average molecular weight is 717 g/mol. The minimum Gasteiger partial charge on any atom is -0.387 e. The van der Waals surface area contributed by atoms with Crippen LogP contribution in [-0.2, 0) is 48.1 Å². The van der Waals surface area contributed by atoms with Crippen molar-refractivity contribution < 1.29 is 19.8 Å². The molecule has 0 bridgehead atoms. The van der Waals surface area contributed by atoms with Crippen LogP contribution in [0.2, 0.25) is 0 Å². The first-order valence-corrected chi connectivity index (χ1v) is 18.6. The molecule has 54 heavy (non-hydrogen) atoms. The number of benzene rings is 6. The summed E-state index contributed by atoms with van der Waals surface area (Å²) in [6, 6.07) is 56.4. The first-order chi connectivity index (χ1) is 26.3. The zero-order valence-corrected chi connectivity index (χ0v) is 30.4. The van der Waals surface area contributed by atoms with E-state index in [1.54, 1.807) is 0 Å². The summed E-state index contributed by atoms with van der Waals surface area (Å²) in [5, 5.41) is 31.4. The van der Waals surface area contributed by atoms with Gasteiger partial charge >= 0.3 is 11.8 Å². The van der Waals surface area contributed by atoms with Gasteiger partial charge in [-0.15, -0.1) is 0 Å². The van der Waals surface area contributed by atoms with Crippen molar-refractivity contribution in [2.24, 2.45) is 0 Å². The topological polar surface area (TPSA) is 98.7 Å². The van der Waals surface area contributed by atoms with Crippen LogP contribution in [0.5, 0.6) is 0 Å². The van der Waals surface area contributed by atoms with Crippen LogP contribution < -0.4 is 10.6 Å². The quantitative estimate of drug-likeness (QED) is 0.0822. The van der Waals surface area contributed by atoms with Crippen LogP contribution in [0.1, 0.15) is 33.4 Å². The fourth-order valence-electron chi connectivity index (χ4n) is 7.31. The van der Waals surface area contributed by atoms with E-state index in [-0.39, 0.29) is 38.5 Å². The molecule has 0 heterocycles. The Balaban J connectivity index is 1.33. The lowest BCUT2D eigenvalue weighted by Crippen LogP contribution is -2.62. The molecule has 2 amide bonds. The molecule has 0 saturated carbocycles. The van der Waals surface area contributed by atoms with E-state index in [2.05, 4.69) is 10.6 Å². The van der Waals surface area contributed by atoms with E-state index >= 15 is 0 Å². The van der Waals surface area contributed by atoms with Gasteiger partial charge in [-0.25, -0.2) is 0 Å².